The zero-order valence-corrected chi connectivity index (χ0v) is 8.89. The van der Waals surface area contributed by atoms with Gasteiger partial charge in [0.1, 0.15) is 0 Å². The smallest absolute Gasteiger partial charge is 0.0702 e. The number of aliphatic hydroxyl groups excluding tert-OH is 1. The number of benzene rings is 1. The van der Waals surface area contributed by atoms with Crippen molar-refractivity contribution >= 4 is 5.69 Å². The van der Waals surface area contributed by atoms with Crippen molar-refractivity contribution in [2.45, 2.75) is 31.9 Å². The van der Waals surface area contributed by atoms with E-state index >= 15 is 0 Å². The number of para-hydroxylation sites is 1. The van der Waals surface area contributed by atoms with Crippen LogP contribution in [0.3, 0.4) is 0 Å². The van der Waals surface area contributed by atoms with E-state index in [0.717, 1.165) is 17.5 Å². The summed E-state index contributed by atoms with van der Waals surface area (Å²) >= 11 is 0. The molecule has 1 aromatic carbocycles. The van der Waals surface area contributed by atoms with Crippen molar-refractivity contribution in [2.24, 2.45) is 5.92 Å². The van der Waals surface area contributed by atoms with Gasteiger partial charge < -0.3 is 10.0 Å². The maximum atomic E-state index is 9.32. The lowest BCUT2D eigenvalue weighted by molar-refractivity contribution is 0.282. The van der Waals surface area contributed by atoms with E-state index in [1.165, 1.54) is 31.5 Å². The number of hydrogen-bond acceptors (Lipinski definition) is 2. The monoisotopic (exact) mass is 203 g/mol. The second-order valence-electron chi connectivity index (χ2n) is 4.77. The number of piperidine rings is 1. The highest BCUT2D eigenvalue weighted by Crippen LogP contribution is 2.41. The molecule has 1 aliphatic carbocycles. The normalized spacial score (nSPS) is 28.7. The van der Waals surface area contributed by atoms with Crippen LogP contribution < -0.4 is 4.90 Å². The molecule has 1 heterocycles. The van der Waals surface area contributed by atoms with Gasteiger partial charge >= 0.3 is 0 Å². The average molecular weight is 203 g/mol. The summed E-state index contributed by atoms with van der Waals surface area (Å²) in [5.41, 5.74) is 2.33. The largest absolute Gasteiger partial charge is 0.392 e. The molecule has 15 heavy (non-hydrogen) atoms. The summed E-state index contributed by atoms with van der Waals surface area (Å²) in [5, 5.41) is 9.32. The zero-order valence-electron chi connectivity index (χ0n) is 8.89. The highest BCUT2D eigenvalue weighted by molar-refractivity contribution is 5.55. The van der Waals surface area contributed by atoms with Gasteiger partial charge in [0.05, 0.1) is 6.61 Å². The van der Waals surface area contributed by atoms with E-state index in [1.807, 2.05) is 12.1 Å². The number of fused-ring (bicyclic) bond motifs is 2. The van der Waals surface area contributed by atoms with Crippen molar-refractivity contribution in [3.05, 3.63) is 29.8 Å². The van der Waals surface area contributed by atoms with Crippen LogP contribution in [0.25, 0.3) is 0 Å². The van der Waals surface area contributed by atoms with Gasteiger partial charge in [0, 0.05) is 23.8 Å². The van der Waals surface area contributed by atoms with Gasteiger partial charge in [-0.1, -0.05) is 18.2 Å². The van der Waals surface area contributed by atoms with Crippen LogP contribution in [-0.4, -0.2) is 17.7 Å². The Morgan fingerprint density at radius 1 is 1.27 bits per heavy atom. The Morgan fingerprint density at radius 3 is 2.80 bits per heavy atom. The van der Waals surface area contributed by atoms with Crippen molar-refractivity contribution in [3.63, 3.8) is 0 Å². The molecule has 1 N–H and O–H groups in total. The van der Waals surface area contributed by atoms with Crippen LogP contribution in [0.1, 0.15) is 24.8 Å². The second kappa shape index (κ2) is 3.53. The molecule has 0 aromatic heterocycles. The predicted octanol–water partition coefficient (Wildman–Crippen LogP) is 2.17. The summed E-state index contributed by atoms with van der Waals surface area (Å²) in [6.45, 7) is 1.35. The lowest BCUT2D eigenvalue weighted by Crippen LogP contribution is -2.32. The van der Waals surface area contributed by atoms with Crippen LogP contribution in [0.5, 0.6) is 0 Å². The van der Waals surface area contributed by atoms with Crippen molar-refractivity contribution < 1.29 is 5.11 Å². The first kappa shape index (κ1) is 9.22. The summed E-state index contributed by atoms with van der Waals surface area (Å²) in [6.07, 6.45) is 4.10. The molecule has 1 saturated carbocycles. The van der Waals surface area contributed by atoms with Crippen LogP contribution in [-0.2, 0) is 6.61 Å². The summed E-state index contributed by atoms with van der Waals surface area (Å²) in [6, 6.07) is 8.99. The maximum Gasteiger partial charge on any atom is 0.0702 e. The zero-order chi connectivity index (χ0) is 10.3. The third kappa shape index (κ3) is 1.44. The summed E-state index contributed by atoms with van der Waals surface area (Å²) in [4.78, 5) is 2.50. The van der Waals surface area contributed by atoms with Gasteiger partial charge in [-0.15, -0.1) is 0 Å². The van der Waals surface area contributed by atoms with Crippen molar-refractivity contribution in [1.29, 1.82) is 0 Å². The maximum absolute atomic E-state index is 9.32. The van der Waals surface area contributed by atoms with Crippen molar-refractivity contribution in [1.82, 2.24) is 0 Å². The highest BCUT2D eigenvalue weighted by Gasteiger charge is 2.38. The van der Waals surface area contributed by atoms with Crippen LogP contribution in [0, 0.1) is 5.92 Å². The van der Waals surface area contributed by atoms with E-state index in [4.69, 9.17) is 0 Å². The molecular formula is C13H17NO. The number of anilines is 1. The number of aliphatic hydroxyl groups is 1. The van der Waals surface area contributed by atoms with E-state index in [-0.39, 0.29) is 6.61 Å². The molecule has 0 amide bonds. The Hall–Kier alpha value is -1.02. The highest BCUT2D eigenvalue weighted by atomic mass is 16.3. The van der Waals surface area contributed by atoms with E-state index in [9.17, 15) is 5.11 Å². The van der Waals surface area contributed by atoms with Crippen LogP contribution in [0.2, 0.25) is 0 Å². The summed E-state index contributed by atoms with van der Waals surface area (Å²) in [5.74, 6) is 0.904. The lowest BCUT2D eigenvalue weighted by Gasteiger charge is -2.30. The quantitative estimate of drug-likeness (QED) is 0.796. The predicted molar refractivity (Wildman–Crippen MR) is 60.8 cm³/mol. The fourth-order valence-corrected chi connectivity index (χ4v) is 3.14. The first-order chi connectivity index (χ1) is 7.38. The molecule has 1 saturated heterocycles. The third-order valence-electron chi connectivity index (χ3n) is 3.88. The molecule has 1 aromatic rings. The molecule has 3 rings (SSSR count). The third-order valence-corrected chi connectivity index (χ3v) is 3.88. The molecule has 2 fully saturated rings. The van der Waals surface area contributed by atoms with Crippen molar-refractivity contribution in [3.8, 4) is 0 Å². The Kier molecular flexibility index (Phi) is 2.17. The molecule has 0 radical (unpaired) electrons. The van der Waals surface area contributed by atoms with E-state index < -0.39 is 0 Å². The molecule has 0 spiro atoms. The molecule has 80 valence electrons. The lowest BCUT2D eigenvalue weighted by atomic mass is 10.1. The SMILES string of the molecule is OCc1ccccc1N1CC2CCC1C2. The fourth-order valence-electron chi connectivity index (χ4n) is 3.14. The topological polar surface area (TPSA) is 23.5 Å². The molecule has 1 aliphatic heterocycles. The van der Waals surface area contributed by atoms with Gasteiger partial charge in [-0.2, -0.15) is 0 Å². The molecule has 2 aliphatic rings. The number of hydrogen-bond donors (Lipinski definition) is 1. The molecule has 2 unspecified atom stereocenters. The minimum absolute atomic E-state index is 0.157. The number of rotatable bonds is 2. The standard InChI is InChI=1S/C13H17NO/c15-9-11-3-1-2-4-13(11)14-8-10-5-6-12(14)7-10/h1-4,10,12,15H,5-9H2. The summed E-state index contributed by atoms with van der Waals surface area (Å²) < 4.78 is 0. The van der Waals surface area contributed by atoms with E-state index in [2.05, 4.69) is 17.0 Å². The van der Waals surface area contributed by atoms with Gasteiger partial charge in [-0.05, 0) is 31.2 Å². The molecule has 2 atom stereocenters. The fraction of sp³-hybridized carbons (Fsp3) is 0.538. The van der Waals surface area contributed by atoms with Crippen LogP contribution in [0.15, 0.2) is 24.3 Å². The summed E-state index contributed by atoms with van der Waals surface area (Å²) in [7, 11) is 0. The minimum Gasteiger partial charge on any atom is -0.392 e. The number of nitrogens with zero attached hydrogens (tertiary/aromatic N) is 1. The Morgan fingerprint density at radius 2 is 2.13 bits per heavy atom. The van der Waals surface area contributed by atoms with Gasteiger partial charge in [0.15, 0.2) is 0 Å². The van der Waals surface area contributed by atoms with Crippen LogP contribution in [0.4, 0.5) is 5.69 Å². The first-order valence-corrected chi connectivity index (χ1v) is 5.84. The van der Waals surface area contributed by atoms with Gasteiger partial charge in [-0.3, -0.25) is 0 Å². The van der Waals surface area contributed by atoms with E-state index in [0.29, 0.717) is 0 Å². The Balaban J connectivity index is 1.92. The molecule has 2 nitrogen and oxygen atoms in total. The molecule has 2 heteroatoms. The Bertz CT molecular complexity index is 363. The Labute approximate surface area is 90.5 Å². The van der Waals surface area contributed by atoms with E-state index in [1.54, 1.807) is 0 Å². The van der Waals surface area contributed by atoms with Crippen molar-refractivity contribution in [2.75, 3.05) is 11.4 Å². The first-order valence-electron chi connectivity index (χ1n) is 5.84. The van der Waals surface area contributed by atoms with Gasteiger partial charge in [-0.25, -0.2) is 0 Å². The minimum atomic E-state index is 0.157. The molecule has 2 bridgehead atoms. The van der Waals surface area contributed by atoms with Gasteiger partial charge in [0.2, 0.25) is 0 Å². The van der Waals surface area contributed by atoms with Gasteiger partial charge in [0.25, 0.3) is 0 Å². The molecular weight excluding hydrogens is 186 g/mol. The average Bonchev–Trinajstić information content (AvgIpc) is 2.90. The van der Waals surface area contributed by atoms with Crippen LogP contribution >= 0.6 is 0 Å². The second-order valence-corrected chi connectivity index (χ2v) is 4.77.